The van der Waals surface area contributed by atoms with Gasteiger partial charge in [0.25, 0.3) is 0 Å². The van der Waals surface area contributed by atoms with E-state index < -0.39 is 33.9 Å². The highest BCUT2D eigenvalue weighted by molar-refractivity contribution is 7.92. The smallest absolute Gasteiger partial charge is 0.193 e. The van der Waals surface area contributed by atoms with Gasteiger partial charge in [0.05, 0.1) is 29.9 Å². The van der Waals surface area contributed by atoms with E-state index in [0.29, 0.717) is 28.2 Å². The molecule has 2 aromatic heterocycles. The normalized spacial score (nSPS) is 19.9. The molecule has 0 radical (unpaired) electrons. The molecule has 3 atom stereocenters. The summed E-state index contributed by atoms with van der Waals surface area (Å²) < 4.78 is 48.0. The number of pyridine rings is 1. The number of methoxy groups -OCH3 is 1. The predicted octanol–water partition coefficient (Wildman–Crippen LogP) is 4.55. The van der Waals surface area contributed by atoms with Crippen LogP contribution in [0, 0.1) is 5.82 Å². The van der Waals surface area contributed by atoms with E-state index in [0.717, 1.165) is 11.1 Å². The average Bonchev–Trinajstić information content (AvgIpc) is 3.45. The zero-order valence-electron chi connectivity index (χ0n) is 20.7. The predicted molar refractivity (Wildman–Crippen MR) is 141 cm³/mol. The van der Waals surface area contributed by atoms with E-state index in [9.17, 15) is 9.32 Å². The molecular weight excluding hydrogens is 497 g/mol. The number of benzene rings is 2. The van der Waals surface area contributed by atoms with Crippen molar-refractivity contribution in [3.63, 3.8) is 0 Å². The third kappa shape index (κ3) is 5.52. The van der Waals surface area contributed by atoms with Gasteiger partial charge in [-0.15, -0.1) is 0 Å². The molecule has 0 aliphatic carbocycles. The summed E-state index contributed by atoms with van der Waals surface area (Å²) in [5.41, 5.74) is 4.53. The second-order valence-electron chi connectivity index (χ2n) is 9.19. The van der Waals surface area contributed by atoms with Gasteiger partial charge >= 0.3 is 0 Å². The lowest BCUT2D eigenvalue weighted by Gasteiger charge is -2.20. The number of aromatic amines is 1. The summed E-state index contributed by atoms with van der Waals surface area (Å²) in [4.78, 5) is 7.57. The molecule has 194 valence electrons. The first-order valence-electron chi connectivity index (χ1n) is 11.7. The second-order valence-corrected chi connectivity index (χ2v) is 11.7. The molecule has 1 aliphatic heterocycles. The van der Waals surface area contributed by atoms with Gasteiger partial charge in [-0.05, 0) is 23.3 Å². The zero-order chi connectivity index (χ0) is 26.2. The number of nitrogens with one attached hydrogen (secondary N) is 1. The third-order valence-corrected chi connectivity index (χ3v) is 6.80. The zero-order valence-corrected chi connectivity index (χ0v) is 21.5. The standard InChI is InChI=1S/C27H28FN3O5S/c1-34-27-23(14-32)35-15-24(27)36-25-13-22-21(29-25)12-20(28)26(30-22)18-6-4-16(5-7-18)17-8-10-19(11-9-17)31-37(2,3)33/h4-13,23-24,27,29,32H,14-15H2,1-3H3/t23-,24-,27-/m1/s1. The molecule has 0 spiro atoms. The summed E-state index contributed by atoms with van der Waals surface area (Å²) >= 11 is 0. The fraction of sp³-hybridized carbons (Fsp3) is 0.296. The van der Waals surface area contributed by atoms with Crippen molar-refractivity contribution in [2.24, 2.45) is 4.36 Å². The van der Waals surface area contributed by atoms with E-state index in [4.69, 9.17) is 14.2 Å². The van der Waals surface area contributed by atoms with Crippen molar-refractivity contribution in [3.05, 3.63) is 66.5 Å². The topological polar surface area (TPSA) is 106 Å². The molecule has 4 aromatic rings. The summed E-state index contributed by atoms with van der Waals surface area (Å²) in [6, 6.07) is 18.1. The highest BCUT2D eigenvalue weighted by Gasteiger charge is 2.39. The number of rotatable bonds is 7. The van der Waals surface area contributed by atoms with Crippen LogP contribution < -0.4 is 4.74 Å². The number of H-pyrrole nitrogens is 1. The van der Waals surface area contributed by atoms with Crippen LogP contribution in [-0.4, -0.2) is 70.4 Å². The molecule has 3 heterocycles. The van der Waals surface area contributed by atoms with Crippen molar-refractivity contribution in [2.45, 2.75) is 18.3 Å². The van der Waals surface area contributed by atoms with Crippen LogP contribution in [0.1, 0.15) is 0 Å². The molecular formula is C27H28FN3O5S. The number of hydrogen-bond donors (Lipinski definition) is 2. The van der Waals surface area contributed by atoms with Crippen molar-refractivity contribution in [1.29, 1.82) is 0 Å². The van der Waals surface area contributed by atoms with E-state index in [-0.39, 0.29) is 18.9 Å². The first kappa shape index (κ1) is 25.3. The summed E-state index contributed by atoms with van der Waals surface area (Å²) in [6.45, 7) is 0.107. The van der Waals surface area contributed by atoms with Gasteiger partial charge in [-0.1, -0.05) is 36.4 Å². The summed E-state index contributed by atoms with van der Waals surface area (Å²) in [5, 5.41) is 9.43. The molecule has 1 aliphatic rings. The van der Waals surface area contributed by atoms with Crippen LogP contribution in [0.15, 0.2) is 65.0 Å². The number of ether oxygens (including phenoxy) is 3. The van der Waals surface area contributed by atoms with Gasteiger partial charge in [0, 0.05) is 47.0 Å². The lowest BCUT2D eigenvalue weighted by atomic mass is 10.0. The Labute approximate surface area is 214 Å². The number of fused-ring (bicyclic) bond motifs is 1. The second kappa shape index (κ2) is 10.2. The van der Waals surface area contributed by atoms with Gasteiger partial charge in [-0.2, -0.15) is 4.36 Å². The molecule has 10 heteroatoms. The van der Waals surface area contributed by atoms with Gasteiger partial charge in [-0.3, -0.25) is 0 Å². The van der Waals surface area contributed by atoms with Crippen molar-refractivity contribution in [1.82, 2.24) is 9.97 Å². The highest BCUT2D eigenvalue weighted by Crippen LogP contribution is 2.31. The number of halogens is 1. The Bertz CT molecular complexity index is 1520. The molecule has 5 rings (SSSR count). The Morgan fingerprint density at radius 3 is 2.38 bits per heavy atom. The monoisotopic (exact) mass is 525 g/mol. The molecule has 0 bridgehead atoms. The first-order chi connectivity index (χ1) is 17.7. The molecule has 0 saturated carbocycles. The Balaban J connectivity index is 1.36. The van der Waals surface area contributed by atoms with Crippen LogP contribution in [-0.2, 0) is 19.2 Å². The van der Waals surface area contributed by atoms with Gasteiger partial charge in [0.1, 0.15) is 17.9 Å². The number of aliphatic hydroxyl groups excluding tert-OH is 1. The van der Waals surface area contributed by atoms with Gasteiger partial charge < -0.3 is 24.3 Å². The summed E-state index contributed by atoms with van der Waals surface area (Å²) in [5.74, 6) is -0.0394. The minimum absolute atomic E-state index is 0.165. The number of nitrogens with zero attached hydrogens (tertiary/aromatic N) is 2. The van der Waals surface area contributed by atoms with E-state index >= 15 is 4.39 Å². The molecule has 37 heavy (non-hydrogen) atoms. The minimum atomic E-state index is -2.22. The van der Waals surface area contributed by atoms with E-state index in [2.05, 4.69) is 14.3 Å². The summed E-state index contributed by atoms with van der Waals surface area (Å²) in [6.07, 6.45) is 1.91. The van der Waals surface area contributed by atoms with Crippen molar-refractivity contribution < 1.29 is 27.9 Å². The summed E-state index contributed by atoms with van der Waals surface area (Å²) in [7, 11) is -0.679. The molecule has 1 saturated heterocycles. The van der Waals surface area contributed by atoms with Crippen molar-refractivity contribution in [3.8, 4) is 28.3 Å². The number of aliphatic hydroxyl groups is 1. The molecule has 8 nitrogen and oxygen atoms in total. The van der Waals surface area contributed by atoms with Gasteiger partial charge in [-0.25, -0.2) is 13.6 Å². The number of hydrogen-bond acceptors (Lipinski definition) is 7. The van der Waals surface area contributed by atoms with Crippen LogP contribution in [0.5, 0.6) is 5.88 Å². The van der Waals surface area contributed by atoms with E-state index in [1.807, 2.05) is 48.5 Å². The molecule has 2 N–H and O–H groups in total. The average molecular weight is 526 g/mol. The lowest BCUT2D eigenvalue weighted by molar-refractivity contribution is -0.0275. The lowest BCUT2D eigenvalue weighted by Crippen LogP contribution is -2.37. The highest BCUT2D eigenvalue weighted by atomic mass is 32.2. The molecule has 0 unspecified atom stereocenters. The van der Waals surface area contributed by atoms with Crippen LogP contribution in [0.3, 0.4) is 0 Å². The Morgan fingerprint density at radius 1 is 1.11 bits per heavy atom. The van der Waals surface area contributed by atoms with E-state index in [1.54, 1.807) is 25.7 Å². The van der Waals surface area contributed by atoms with Gasteiger partial charge in [0.15, 0.2) is 17.8 Å². The van der Waals surface area contributed by atoms with Crippen LogP contribution in [0.2, 0.25) is 0 Å². The van der Waals surface area contributed by atoms with Crippen LogP contribution in [0.4, 0.5) is 10.1 Å². The molecule has 0 amide bonds. The Morgan fingerprint density at radius 2 is 1.76 bits per heavy atom. The van der Waals surface area contributed by atoms with Crippen LogP contribution in [0.25, 0.3) is 33.4 Å². The maximum atomic E-state index is 15.0. The third-order valence-electron chi connectivity index (χ3n) is 6.15. The Hall–Kier alpha value is -3.31. The quantitative estimate of drug-likeness (QED) is 0.367. The minimum Gasteiger partial charge on any atom is -0.470 e. The molecule has 2 aromatic carbocycles. The van der Waals surface area contributed by atoms with Gasteiger partial charge in [0.2, 0.25) is 0 Å². The van der Waals surface area contributed by atoms with E-state index in [1.165, 1.54) is 6.07 Å². The largest absolute Gasteiger partial charge is 0.470 e. The maximum absolute atomic E-state index is 15.0. The van der Waals surface area contributed by atoms with Crippen molar-refractivity contribution >= 4 is 26.4 Å². The maximum Gasteiger partial charge on any atom is 0.193 e. The fourth-order valence-corrected chi connectivity index (χ4v) is 5.06. The first-order valence-corrected chi connectivity index (χ1v) is 14.1. The van der Waals surface area contributed by atoms with Crippen molar-refractivity contribution in [2.75, 3.05) is 32.8 Å². The molecule has 1 fully saturated rings. The number of aromatic nitrogens is 2. The Kier molecular flexibility index (Phi) is 7.00. The van der Waals surface area contributed by atoms with Crippen LogP contribution >= 0.6 is 0 Å². The SMILES string of the molecule is CO[C@@H]1[C@@H](CO)OC[C@H]1Oc1cc2nc(-c3ccc(-c4ccc(N=S(C)(C)=O)cc4)cc3)c(F)cc2[nH]1. The fourth-order valence-electron chi connectivity index (χ4n) is 4.43.